The van der Waals surface area contributed by atoms with Gasteiger partial charge in [0.15, 0.2) is 0 Å². The Morgan fingerprint density at radius 2 is 2.06 bits per heavy atom. The zero-order chi connectivity index (χ0) is 13.4. The van der Waals surface area contributed by atoms with Crippen LogP contribution in [0.1, 0.15) is 19.4 Å². The van der Waals surface area contributed by atoms with Crippen LogP contribution in [0, 0.1) is 23.2 Å². The van der Waals surface area contributed by atoms with Gasteiger partial charge in [0, 0.05) is 6.54 Å². The van der Waals surface area contributed by atoms with Crippen LogP contribution in [0.15, 0.2) is 30.3 Å². The van der Waals surface area contributed by atoms with E-state index >= 15 is 0 Å². The molecule has 0 fully saturated rings. The minimum atomic E-state index is -0.486. The lowest BCUT2D eigenvalue weighted by Crippen LogP contribution is -2.31. The van der Waals surface area contributed by atoms with E-state index in [9.17, 15) is 4.79 Å². The molecular weight excluding hydrogens is 228 g/mol. The van der Waals surface area contributed by atoms with Gasteiger partial charge in [0.05, 0.1) is 12.0 Å². The molecule has 1 N–H and O–H groups in total. The van der Waals surface area contributed by atoms with Crippen LogP contribution in [0.5, 0.6) is 0 Å². The van der Waals surface area contributed by atoms with Gasteiger partial charge >= 0.3 is 6.09 Å². The Balaban J connectivity index is 2.28. The maximum atomic E-state index is 11.4. The van der Waals surface area contributed by atoms with E-state index in [0.717, 1.165) is 5.56 Å². The van der Waals surface area contributed by atoms with Crippen molar-refractivity contribution in [2.75, 3.05) is 6.54 Å². The summed E-state index contributed by atoms with van der Waals surface area (Å²) in [6.45, 7) is 4.46. The molecule has 1 rings (SSSR count). The number of carbonyl (C=O) groups excluding carboxylic acids is 1. The average Bonchev–Trinajstić information content (AvgIpc) is 2.38. The number of benzene rings is 1. The Kier molecular flexibility index (Phi) is 5.72. The van der Waals surface area contributed by atoms with Crippen LogP contribution in [0.2, 0.25) is 0 Å². The quantitative estimate of drug-likeness (QED) is 0.868. The van der Waals surface area contributed by atoms with E-state index < -0.39 is 6.09 Å². The van der Waals surface area contributed by atoms with Crippen molar-refractivity contribution in [2.45, 2.75) is 20.5 Å². The lowest BCUT2D eigenvalue weighted by molar-refractivity contribution is 0.138. The number of nitrogens with zero attached hydrogens (tertiary/aromatic N) is 1. The minimum absolute atomic E-state index is 0.186. The van der Waals surface area contributed by atoms with Crippen molar-refractivity contribution in [1.29, 1.82) is 5.26 Å². The molecule has 0 aliphatic carbocycles. The van der Waals surface area contributed by atoms with Crippen molar-refractivity contribution >= 4 is 6.09 Å². The van der Waals surface area contributed by atoms with Gasteiger partial charge in [0.25, 0.3) is 0 Å². The molecule has 0 radical (unpaired) electrons. The molecule has 4 nitrogen and oxygen atoms in total. The van der Waals surface area contributed by atoms with Crippen molar-refractivity contribution in [3.63, 3.8) is 0 Å². The van der Waals surface area contributed by atoms with Crippen LogP contribution in [0.3, 0.4) is 0 Å². The first-order chi connectivity index (χ1) is 8.63. The molecule has 0 heterocycles. The van der Waals surface area contributed by atoms with Crippen molar-refractivity contribution < 1.29 is 9.53 Å². The van der Waals surface area contributed by atoms with Crippen molar-refractivity contribution in [2.24, 2.45) is 11.8 Å². The summed E-state index contributed by atoms with van der Waals surface area (Å²) in [7, 11) is 0. The predicted molar refractivity (Wildman–Crippen MR) is 68.6 cm³/mol. The number of hydrogen-bond donors (Lipinski definition) is 1. The summed E-state index contributed by atoms with van der Waals surface area (Å²) in [6, 6.07) is 11.6. The van der Waals surface area contributed by atoms with Gasteiger partial charge in [0.2, 0.25) is 0 Å². The molecule has 0 aliphatic rings. The number of nitriles is 1. The SMILES string of the molecule is CC(C)C(C#N)CNC(=O)OCc1ccccc1. The molecule has 1 aromatic rings. The number of ether oxygens (including phenoxy) is 1. The van der Waals surface area contributed by atoms with Crippen LogP contribution in [-0.4, -0.2) is 12.6 Å². The second kappa shape index (κ2) is 7.33. The summed E-state index contributed by atoms with van der Waals surface area (Å²) in [5.74, 6) is 0.0266. The molecule has 0 saturated heterocycles. The van der Waals surface area contributed by atoms with E-state index in [0.29, 0.717) is 6.54 Å². The summed E-state index contributed by atoms with van der Waals surface area (Å²) in [5.41, 5.74) is 0.938. The average molecular weight is 246 g/mol. The Bertz CT molecular complexity index is 410. The molecule has 18 heavy (non-hydrogen) atoms. The zero-order valence-corrected chi connectivity index (χ0v) is 10.7. The molecule has 4 heteroatoms. The van der Waals surface area contributed by atoms with Crippen LogP contribution < -0.4 is 5.32 Å². The second-order valence-corrected chi connectivity index (χ2v) is 4.42. The van der Waals surface area contributed by atoms with E-state index in [1.54, 1.807) is 0 Å². The highest BCUT2D eigenvalue weighted by Crippen LogP contribution is 2.08. The minimum Gasteiger partial charge on any atom is -0.445 e. The third-order valence-corrected chi connectivity index (χ3v) is 2.65. The van der Waals surface area contributed by atoms with Gasteiger partial charge in [-0.2, -0.15) is 5.26 Å². The molecule has 96 valence electrons. The fourth-order valence-corrected chi connectivity index (χ4v) is 1.40. The van der Waals surface area contributed by atoms with Crippen molar-refractivity contribution in [3.8, 4) is 6.07 Å². The Morgan fingerprint density at radius 1 is 1.39 bits per heavy atom. The fraction of sp³-hybridized carbons (Fsp3) is 0.429. The van der Waals surface area contributed by atoms with Crippen LogP contribution in [-0.2, 0) is 11.3 Å². The van der Waals surface area contributed by atoms with Crippen molar-refractivity contribution in [3.05, 3.63) is 35.9 Å². The van der Waals surface area contributed by atoms with E-state index in [1.807, 2.05) is 44.2 Å². The molecule has 0 aromatic heterocycles. The topological polar surface area (TPSA) is 62.1 Å². The summed E-state index contributed by atoms with van der Waals surface area (Å²) in [4.78, 5) is 11.4. The smallest absolute Gasteiger partial charge is 0.407 e. The fourth-order valence-electron chi connectivity index (χ4n) is 1.40. The molecule has 1 unspecified atom stereocenters. The van der Waals surface area contributed by atoms with Crippen LogP contribution in [0.25, 0.3) is 0 Å². The third kappa shape index (κ3) is 4.88. The molecule has 1 aromatic carbocycles. The zero-order valence-electron chi connectivity index (χ0n) is 10.7. The number of hydrogen-bond acceptors (Lipinski definition) is 3. The number of amides is 1. The van der Waals surface area contributed by atoms with Gasteiger partial charge in [0.1, 0.15) is 6.61 Å². The monoisotopic (exact) mass is 246 g/mol. The Labute approximate surface area is 108 Å². The maximum Gasteiger partial charge on any atom is 0.407 e. The van der Waals surface area contributed by atoms with Crippen LogP contribution in [0.4, 0.5) is 4.79 Å². The third-order valence-electron chi connectivity index (χ3n) is 2.65. The van der Waals surface area contributed by atoms with Gasteiger partial charge in [-0.25, -0.2) is 4.79 Å². The predicted octanol–water partition coefficient (Wildman–Crippen LogP) is 2.71. The van der Waals surface area contributed by atoms with E-state index in [4.69, 9.17) is 10.00 Å². The number of alkyl carbamates (subject to hydrolysis) is 1. The molecule has 1 amide bonds. The first kappa shape index (κ1) is 14.0. The maximum absolute atomic E-state index is 11.4. The first-order valence-electron chi connectivity index (χ1n) is 5.97. The highest BCUT2D eigenvalue weighted by atomic mass is 16.5. The van der Waals surface area contributed by atoms with Gasteiger partial charge in [-0.1, -0.05) is 44.2 Å². The Hall–Kier alpha value is -2.02. The molecule has 0 aliphatic heterocycles. The number of rotatable bonds is 5. The second-order valence-electron chi connectivity index (χ2n) is 4.42. The van der Waals surface area contributed by atoms with Crippen LogP contribution >= 0.6 is 0 Å². The van der Waals surface area contributed by atoms with Gasteiger partial charge in [-0.05, 0) is 11.5 Å². The van der Waals surface area contributed by atoms with Gasteiger partial charge < -0.3 is 10.1 Å². The Morgan fingerprint density at radius 3 is 2.61 bits per heavy atom. The first-order valence-corrected chi connectivity index (χ1v) is 5.97. The molecule has 0 bridgehead atoms. The van der Waals surface area contributed by atoms with Gasteiger partial charge in [-0.15, -0.1) is 0 Å². The molecule has 1 atom stereocenters. The lowest BCUT2D eigenvalue weighted by atomic mass is 9.98. The number of nitrogens with one attached hydrogen (secondary N) is 1. The highest BCUT2D eigenvalue weighted by molar-refractivity contribution is 5.67. The summed E-state index contributed by atoms with van der Waals surface area (Å²) in [5, 5.41) is 11.5. The summed E-state index contributed by atoms with van der Waals surface area (Å²) >= 11 is 0. The van der Waals surface area contributed by atoms with E-state index in [2.05, 4.69) is 11.4 Å². The van der Waals surface area contributed by atoms with Crippen molar-refractivity contribution in [1.82, 2.24) is 5.32 Å². The molecule has 0 saturated carbocycles. The molecule has 0 spiro atoms. The summed E-state index contributed by atoms with van der Waals surface area (Å²) < 4.78 is 5.04. The lowest BCUT2D eigenvalue weighted by Gasteiger charge is -2.13. The van der Waals surface area contributed by atoms with E-state index in [1.165, 1.54) is 0 Å². The normalized spacial score (nSPS) is 11.7. The molecular formula is C14H18N2O2. The van der Waals surface area contributed by atoms with E-state index in [-0.39, 0.29) is 18.4 Å². The highest BCUT2D eigenvalue weighted by Gasteiger charge is 2.13. The standard InChI is InChI=1S/C14H18N2O2/c1-11(2)13(8-15)9-16-14(17)18-10-12-6-4-3-5-7-12/h3-7,11,13H,9-10H2,1-2H3,(H,16,17). The summed E-state index contributed by atoms with van der Waals surface area (Å²) in [6.07, 6.45) is -0.486. The largest absolute Gasteiger partial charge is 0.445 e. The number of carbonyl (C=O) groups is 1. The van der Waals surface area contributed by atoms with Gasteiger partial charge in [-0.3, -0.25) is 0 Å².